The smallest absolute Gasteiger partial charge is 0.261 e. The van der Waals surface area contributed by atoms with Crippen LogP contribution in [-0.4, -0.2) is 30.1 Å². The summed E-state index contributed by atoms with van der Waals surface area (Å²) < 4.78 is 56.2. The summed E-state index contributed by atoms with van der Waals surface area (Å²) in [6, 6.07) is 18.8. The molecule has 0 fully saturated rings. The molecule has 0 aliphatic carbocycles. The lowest BCUT2D eigenvalue weighted by Crippen LogP contribution is -2.12. The number of sulfone groups is 1. The molecule has 0 atom stereocenters. The molecule has 0 unspecified atom stereocenters. The van der Waals surface area contributed by atoms with Crippen molar-refractivity contribution in [3.63, 3.8) is 0 Å². The molecule has 9 heteroatoms. The number of sulfonamides is 1. The summed E-state index contributed by atoms with van der Waals surface area (Å²) in [5, 5.41) is 2.96. The van der Waals surface area contributed by atoms with Gasteiger partial charge in [0.05, 0.1) is 9.79 Å². The first-order valence-corrected chi connectivity index (χ1v) is 11.9. The Morgan fingerprint density at radius 1 is 0.655 bits per heavy atom. The van der Waals surface area contributed by atoms with Gasteiger partial charge in [-0.3, -0.25) is 4.72 Å². The number of ether oxygens (including phenoxy) is 1. The van der Waals surface area contributed by atoms with E-state index >= 15 is 0 Å². The molecule has 29 heavy (non-hydrogen) atoms. The number of anilines is 2. The zero-order valence-electron chi connectivity index (χ0n) is 15.8. The fourth-order valence-electron chi connectivity index (χ4n) is 2.50. The molecule has 0 saturated carbocycles. The van der Waals surface area contributed by atoms with Crippen LogP contribution in [0.25, 0.3) is 0 Å². The number of benzene rings is 3. The molecule has 0 spiro atoms. The van der Waals surface area contributed by atoms with E-state index in [2.05, 4.69) is 10.0 Å². The van der Waals surface area contributed by atoms with Crippen LogP contribution in [0.5, 0.6) is 11.5 Å². The highest BCUT2D eigenvalue weighted by molar-refractivity contribution is 7.92. The molecule has 0 amide bonds. The maximum atomic E-state index is 12.5. The van der Waals surface area contributed by atoms with Gasteiger partial charge in [0.15, 0.2) is 9.84 Å². The molecule has 3 rings (SSSR count). The monoisotopic (exact) mass is 432 g/mol. The van der Waals surface area contributed by atoms with Gasteiger partial charge in [-0.25, -0.2) is 16.8 Å². The molecule has 0 radical (unpaired) electrons. The Balaban J connectivity index is 1.71. The van der Waals surface area contributed by atoms with Gasteiger partial charge >= 0.3 is 0 Å². The summed E-state index contributed by atoms with van der Waals surface area (Å²) in [6.45, 7) is 0. The van der Waals surface area contributed by atoms with Crippen molar-refractivity contribution in [3.05, 3.63) is 72.8 Å². The maximum absolute atomic E-state index is 12.5. The summed E-state index contributed by atoms with van der Waals surface area (Å²) in [6.07, 6.45) is 1.13. The average molecular weight is 433 g/mol. The van der Waals surface area contributed by atoms with Crippen molar-refractivity contribution in [1.82, 2.24) is 0 Å². The quantitative estimate of drug-likeness (QED) is 0.590. The standard InChI is InChI=1S/C20H20N2O5S2/c1-21-15-3-5-16(6-4-15)22-29(25,26)20-13-9-18(10-14-20)27-17-7-11-19(12-8-17)28(2,23)24/h3-14,21-22H,1-2H3. The van der Waals surface area contributed by atoms with E-state index in [1.54, 1.807) is 31.3 Å². The van der Waals surface area contributed by atoms with Gasteiger partial charge in [-0.1, -0.05) is 0 Å². The largest absolute Gasteiger partial charge is 0.457 e. The van der Waals surface area contributed by atoms with E-state index in [1.807, 2.05) is 0 Å². The highest BCUT2D eigenvalue weighted by Gasteiger charge is 2.14. The highest BCUT2D eigenvalue weighted by Crippen LogP contribution is 2.25. The van der Waals surface area contributed by atoms with Crippen LogP contribution in [-0.2, 0) is 19.9 Å². The third kappa shape index (κ3) is 5.27. The molecule has 0 aliphatic rings. The number of hydrogen-bond acceptors (Lipinski definition) is 6. The second kappa shape index (κ2) is 8.14. The van der Waals surface area contributed by atoms with Gasteiger partial charge in [0, 0.05) is 24.7 Å². The molecule has 2 N–H and O–H groups in total. The minimum absolute atomic E-state index is 0.0926. The highest BCUT2D eigenvalue weighted by atomic mass is 32.2. The van der Waals surface area contributed by atoms with Crippen LogP contribution < -0.4 is 14.8 Å². The Kier molecular flexibility index (Phi) is 5.81. The van der Waals surface area contributed by atoms with Crippen molar-refractivity contribution in [2.24, 2.45) is 0 Å². The van der Waals surface area contributed by atoms with E-state index < -0.39 is 19.9 Å². The van der Waals surface area contributed by atoms with Crippen molar-refractivity contribution < 1.29 is 21.6 Å². The van der Waals surface area contributed by atoms with Crippen LogP contribution in [0.1, 0.15) is 0 Å². The summed E-state index contributed by atoms with van der Waals surface area (Å²) in [5.74, 6) is 0.866. The van der Waals surface area contributed by atoms with Crippen LogP contribution in [0.4, 0.5) is 11.4 Å². The van der Waals surface area contributed by atoms with Crippen LogP contribution in [0.3, 0.4) is 0 Å². The lowest BCUT2D eigenvalue weighted by atomic mass is 10.3. The first-order chi connectivity index (χ1) is 13.7. The van der Waals surface area contributed by atoms with Crippen LogP contribution >= 0.6 is 0 Å². The summed E-state index contributed by atoms with van der Waals surface area (Å²) >= 11 is 0. The number of hydrogen-bond donors (Lipinski definition) is 2. The second-order valence-electron chi connectivity index (χ2n) is 6.25. The average Bonchev–Trinajstić information content (AvgIpc) is 2.68. The maximum Gasteiger partial charge on any atom is 0.261 e. The van der Waals surface area contributed by atoms with Crippen molar-refractivity contribution in [2.45, 2.75) is 9.79 Å². The molecule has 0 saturated heterocycles. The van der Waals surface area contributed by atoms with Crippen LogP contribution in [0, 0.1) is 0 Å². The molecule has 3 aromatic rings. The predicted octanol–water partition coefficient (Wildman–Crippen LogP) is 3.72. The van der Waals surface area contributed by atoms with E-state index in [0.29, 0.717) is 17.2 Å². The lowest BCUT2D eigenvalue weighted by molar-refractivity contribution is 0.481. The third-order valence-electron chi connectivity index (χ3n) is 4.05. The predicted molar refractivity (Wildman–Crippen MR) is 113 cm³/mol. The summed E-state index contributed by atoms with van der Waals surface area (Å²) in [4.78, 5) is 0.287. The van der Waals surface area contributed by atoms with E-state index in [9.17, 15) is 16.8 Å². The molecule has 0 bridgehead atoms. The van der Waals surface area contributed by atoms with Gasteiger partial charge in [-0.15, -0.1) is 0 Å². The van der Waals surface area contributed by atoms with Gasteiger partial charge in [-0.2, -0.15) is 0 Å². The van der Waals surface area contributed by atoms with Gasteiger partial charge in [0.1, 0.15) is 11.5 Å². The molecular formula is C20H20N2O5S2. The Bertz CT molecular complexity index is 1190. The van der Waals surface area contributed by atoms with E-state index in [-0.39, 0.29) is 9.79 Å². The normalized spacial score (nSPS) is 11.7. The fraction of sp³-hybridized carbons (Fsp3) is 0.100. The number of nitrogens with one attached hydrogen (secondary N) is 2. The summed E-state index contributed by atoms with van der Waals surface area (Å²) in [7, 11) is -5.23. The van der Waals surface area contributed by atoms with E-state index in [1.165, 1.54) is 48.5 Å². The Morgan fingerprint density at radius 2 is 1.10 bits per heavy atom. The SMILES string of the molecule is CNc1ccc(NS(=O)(=O)c2ccc(Oc3ccc(S(C)(=O)=O)cc3)cc2)cc1. The minimum atomic E-state index is -3.74. The van der Waals surface area contributed by atoms with E-state index in [0.717, 1.165) is 11.9 Å². The molecule has 0 aliphatic heterocycles. The van der Waals surface area contributed by atoms with Crippen LogP contribution in [0.2, 0.25) is 0 Å². The zero-order chi connectivity index (χ0) is 21.1. The Hall–Kier alpha value is -3.04. The number of rotatable bonds is 7. The van der Waals surface area contributed by atoms with Crippen molar-refractivity contribution in [1.29, 1.82) is 0 Å². The third-order valence-corrected chi connectivity index (χ3v) is 6.57. The molecule has 0 aromatic heterocycles. The molecule has 0 heterocycles. The lowest BCUT2D eigenvalue weighted by Gasteiger charge is -2.10. The van der Waals surface area contributed by atoms with E-state index in [4.69, 9.17) is 4.74 Å². The second-order valence-corrected chi connectivity index (χ2v) is 9.95. The first kappa shape index (κ1) is 20.7. The molecule has 7 nitrogen and oxygen atoms in total. The van der Waals surface area contributed by atoms with Crippen molar-refractivity contribution >= 4 is 31.2 Å². The first-order valence-electron chi connectivity index (χ1n) is 8.56. The zero-order valence-corrected chi connectivity index (χ0v) is 17.4. The van der Waals surface area contributed by atoms with Crippen LogP contribution in [0.15, 0.2) is 82.6 Å². The van der Waals surface area contributed by atoms with Crippen molar-refractivity contribution in [2.75, 3.05) is 23.3 Å². The van der Waals surface area contributed by atoms with Gasteiger partial charge in [0.2, 0.25) is 0 Å². The molecular weight excluding hydrogens is 412 g/mol. The van der Waals surface area contributed by atoms with Gasteiger partial charge in [-0.05, 0) is 72.8 Å². The molecule has 152 valence electrons. The Labute approximate surface area is 170 Å². The topological polar surface area (TPSA) is 102 Å². The van der Waals surface area contributed by atoms with Gasteiger partial charge < -0.3 is 10.1 Å². The minimum Gasteiger partial charge on any atom is -0.457 e. The summed E-state index contributed by atoms with van der Waals surface area (Å²) in [5.41, 5.74) is 1.33. The van der Waals surface area contributed by atoms with Gasteiger partial charge in [0.25, 0.3) is 10.0 Å². The fourth-order valence-corrected chi connectivity index (χ4v) is 4.19. The van der Waals surface area contributed by atoms with Crippen molar-refractivity contribution in [3.8, 4) is 11.5 Å². The molecule has 3 aromatic carbocycles. The Morgan fingerprint density at radius 3 is 1.55 bits per heavy atom.